The minimum atomic E-state index is -0.169. The summed E-state index contributed by atoms with van der Waals surface area (Å²) >= 11 is 4.38. The van der Waals surface area contributed by atoms with Crippen LogP contribution in [0.2, 0.25) is 0 Å². The van der Waals surface area contributed by atoms with Crippen LogP contribution in [0.5, 0.6) is 0 Å². The number of aryl methyl sites for hydroxylation is 3. The summed E-state index contributed by atoms with van der Waals surface area (Å²) in [6, 6.07) is 11.1. The van der Waals surface area contributed by atoms with Gasteiger partial charge in [-0.1, -0.05) is 6.92 Å². The van der Waals surface area contributed by atoms with Gasteiger partial charge in [-0.15, -0.1) is 12.6 Å². The summed E-state index contributed by atoms with van der Waals surface area (Å²) in [4.78, 5) is 13.3. The van der Waals surface area contributed by atoms with E-state index in [4.69, 9.17) is 5.26 Å². The highest BCUT2D eigenvalue weighted by molar-refractivity contribution is 7.80. The van der Waals surface area contributed by atoms with Crippen LogP contribution in [0.4, 0.5) is 5.69 Å². The molecule has 22 heavy (non-hydrogen) atoms. The Morgan fingerprint density at radius 1 is 1.23 bits per heavy atom. The predicted octanol–water partition coefficient (Wildman–Crippen LogP) is 4.28. The summed E-state index contributed by atoms with van der Waals surface area (Å²) < 4.78 is 0. The van der Waals surface area contributed by atoms with Crippen molar-refractivity contribution in [2.45, 2.75) is 32.1 Å². The first kappa shape index (κ1) is 16.1. The van der Waals surface area contributed by atoms with Crippen LogP contribution in [-0.2, 0) is 6.42 Å². The minimum Gasteiger partial charge on any atom is -0.321 e. The number of nitrogens with one attached hydrogen (secondary N) is 1. The number of thiol groups is 1. The molecule has 3 nitrogen and oxygen atoms in total. The van der Waals surface area contributed by atoms with Crippen molar-refractivity contribution in [2.24, 2.45) is 0 Å². The van der Waals surface area contributed by atoms with Crippen molar-refractivity contribution in [3.05, 3.63) is 58.1 Å². The first-order chi connectivity index (χ1) is 10.5. The lowest BCUT2D eigenvalue weighted by atomic mass is 10.0. The zero-order valence-corrected chi connectivity index (χ0v) is 13.8. The average Bonchev–Trinajstić information content (AvgIpc) is 2.49. The summed E-state index contributed by atoms with van der Waals surface area (Å²) in [5.41, 5.74) is 4.82. The summed E-state index contributed by atoms with van der Waals surface area (Å²) in [7, 11) is 0. The van der Waals surface area contributed by atoms with Crippen LogP contribution in [-0.4, -0.2) is 5.91 Å². The summed E-state index contributed by atoms with van der Waals surface area (Å²) in [6.07, 6.45) is 0.817. The third-order valence-electron chi connectivity index (χ3n) is 3.63. The molecule has 0 radical (unpaired) electrons. The molecule has 0 saturated carbocycles. The Morgan fingerprint density at radius 3 is 2.55 bits per heavy atom. The second-order valence-electron chi connectivity index (χ2n) is 5.25. The molecule has 0 saturated heterocycles. The number of anilines is 1. The second kappa shape index (κ2) is 6.67. The van der Waals surface area contributed by atoms with Gasteiger partial charge in [0.1, 0.15) is 0 Å². The van der Waals surface area contributed by atoms with Crippen molar-refractivity contribution < 1.29 is 4.79 Å². The van der Waals surface area contributed by atoms with Gasteiger partial charge in [0.15, 0.2) is 0 Å². The van der Waals surface area contributed by atoms with Crippen molar-refractivity contribution in [1.29, 1.82) is 5.26 Å². The Labute approximate surface area is 136 Å². The number of hydrogen-bond donors (Lipinski definition) is 2. The zero-order chi connectivity index (χ0) is 16.3. The van der Waals surface area contributed by atoms with Gasteiger partial charge in [0.05, 0.1) is 11.6 Å². The number of hydrogen-bond acceptors (Lipinski definition) is 3. The Hall–Kier alpha value is -2.25. The second-order valence-corrected chi connectivity index (χ2v) is 5.76. The average molecular weight is 310 g/mol. The maximum atomic E-state index is 12.5. The van der Waals surface area contributed by atoms with E-state index in [1.165, 1.54) is 0 Å². The molecule has 0 aliphatic carbocycles. The molecule has 0 atom stereocenters. The number of carbonyl (C=O) groups excluding carboxylic acids is 1. The third-order valence-corrected chi connectivity index (χ3v) is 3.89. The normalized spacial score (nSPS) is 10.1. The number of amides is 1. The Kier molecular flexibility index (Phi) is 4.89. The van der Waals surface area contributed by atoms with E-state index in [1.807, 2.05) is 32.9 Å². The van der Waals surface area contributed by atoms with Crippen LogP contribution in [0.25, 0.3) is 0 Å². The quantitative estimate of drug-likeness (QED) is 0.831. The number of rotatable bonds is 3. The molecule has 0 aromatic heterocycles. The molecule has 0 fully saturated rings. The first-order valence-corrected chi connectivity index (χ1v) is 7.55. The number of carbonyl (C=O) groups is 1. The SMILES string of the molecule is CCc1cc(S)cc(C)c1NC(=O)c1ccc(C#N)c(C)c1. The lowest BCUT2D eigenvalue weighted by Gasteiger charge is -2.14. The van der Waals surface area contributed by atoms with Crippen molar-refractivity contribution >= 4 is 24.2 Å². The highest BCUT2D eigenvalue weighted by Gasteiger charge is 2.12. The molecule has 2 aromatic carbocycles. The van der Waals surface area contributed by atoms with Crippen molar-refractivity contribution in [3.8, 4) is 6.07 Å². The van der Waals surface area contributed by atoms with Gasteiger partial charge in [0.25, 0.3) is 5.91 Å². The van der Waals surface area contributed by atoms with Gasteiger partial charge in [-0.25, -0.2) is 0 Å². The molecule has 0 spiro atoms. The fourth-order valence-electron chi connectivity index (χ4n) is 2.41. The molecule has 4 heteroatoms. The molecule has 112 valence electrons. The van der Waals surface area contributed by atoms with Gasteiger partial charge in [-0.05, 0) is 67.3 Å². The Morgan fingerprint density at radius 2 is 1.95 bits per heavy atom. The number of benzene rings is 2. The lowest BCUT2D eigenvalue weighted by molar-refractivity contribution is 0.102. The van der Waals surface area contributed by atoms with E-state index in [1.54, 1.807) is 18.2 Å². The molecule has 0 unspecified atom stereocenters. The molecule has 1 amide bonds. The predicted molar refractivity (Wildman–Crippen MR) is 91.7 cm³/mol. The first-order valence-electron chi connectivity index (χ1n) is 7.10. The van der Waals surface area contributed by atoms with Gasteiger partial charge in [0, 0.05) is 16.1 Å². The van der Waals surface area contributed by atoms with Gasteiger partial charge in [0.2, 0.25) is 0 Å². The molecular formula is C18H18N2OS. The fourth-order valence-corrected chi connectivity index (χ4v) is 2.76. The van der Waals surface area contributed by atoms with Crippen LogP contribution in [0.1, 0.15) is 39.5 Å². The molecular weight excluding hydrogens is 292 g/mol. The molecule has 0 aliphatic rings. The van der Waals surface area contributed by atoms with Crippen molar-refractivity contribution in [2.75, 3.05) is 5.32 Å². The van der Waals surface area contributed by atoms with Crippen LogP contribution in [0.15, 0.2) is 35.2 Å². The zero-order valence-electron chi connectivity index (χ0n) is 12.9. The topological polar surface area (TPSA) is 52.9 Å². The molecule has 0 aliphatic heterocycles. The van der Waals surface area contributed by atoms with Gasteiger partial charge >= 0.3 is 0 Å². The summed E-state index contributed by atoms with van der Waals surface area (Å²) in [5.74, 6) is -0.169. The van der Waals surface area contributed by atoms with E-state index in [9.17, 15) is 4.79 Å². The van der Waals surface area contributed by atoms with Gasteiger partial charge in [-0.3, -0.25) is 4.79 Å². The third kappa shape index (κ3) is 3.32. The molecule has 1 N–H and O–H groups in total. The maximum absolute atomic E-state index is 12.5. The Bertz CT molecular complexity index is 775. The fraction of sp³-hybridized carbons (Fsp3) is 0.222. The van der Waals surface area contributed by atoms with E-state index in [2.05, 4.69) is 24.0 Å². The molecule has 0 bridgehead atoms. The van der Waals surface area contributed by atoms with E-state index in [0.717, 1.165) is 33.7 Å². The van der Waals surface area contributed by atoms with E-state index >= 15 is 0 Å². The smallest absolute Gasteiger partial charge is 0.255 e. The maximum Gasteiger partial charge on any atom is 0.255 e. The highest BCUT2D eigenvalue weighted by atomic mass is 32.1. The van der Waals surface area contributed by atoms with Crippen LogP contribution in [0.3, 0.4) is 0 Å². The van der Waals surface area contributed by atoms with Gasteiger partial charge < -0.3 is 5.32 Å². The molecule has 0 heterocycles. The minimum absolute atomic E-state index is 0.169. The van der Waals surface area contributed by atoms with Crippen molar-refractivity contribution in [3.63, 3.8) is 0 Å². The standard InChI is InChI=1S/C18H18N2OS/c1-4-13-9-16(22)8-12(3)17(13)20-18(21)14-5-6-15(10-19)11(2)7-14/h5-9,22H,4H2,1-3H3,(H,20,21). The molecule has 2 aromatic rings. The Balaban J connectivity index is 2.34. The van der Waals surface area contributed by atoms with Crippen molar-refractivity contribution in [1.82, 2.24) is 0 Å². The summed E-state index contributed by atoms with van der Waals surface area (Å²) in [5, 5.41) is 11.9. The van der Waals surface area contributed by atoms with E-state index < -0.39 is 0 Å². The lowest BCUT2D eigenvalue weighted by Crippen LogP contribution is -2.14. The van der Waals surface area contributed by atoms with Gasteiger partial charge in [-0.2, -0.15) is 5.26 Å². The van der Waals surface area contributed by atoms with E-state index in [-0.39, 0.29) is 5.91 Å². The summed E-state index contributed by atoms with van der Waals surface area (Å²) in [6.45, 7) is 5.83. The number of nitriles is 1. The van der Waals surface area contributed by atoms with Crippen LogP contribution >= 0.6 is 12.6 Å². The molecule has 2 rings (SSSR count). The van der Waals surface area contributed by atoms with Crippen LogP contribution in [0, 0.1) is 25.2 Å². The number of nitrogens with zero attached hydrogens (tertiary/aromatic N) is 1. The van der Waals surface area contributed by atoms with E-state index in [0.29, 0.717) is 11.1 Å². The highest BCUT2D eigenvalue weighted by Crippen LogP contribution is 2.26. The largest absolute Gasteiger partial charge is 0.321 e. The van der Waals surface area contributed by atoms with Crippen LogP contribution < -0.4 is 5.32 Å². The monoisotopic (exact) mass is 310 g/mol.